The second-order valence-electron chi connectivity index (χ2n) is 10.2. The van der Waals surface area contributed by atoms with Gasteiger partial charge in [-0.2, -0.15) is 0 Å². The molecule has 9 nitrogen and oxygen atoms in total. The fraction of sp³-hybridized carbons (Fsp3) is 0.235. The van der Waals surface area contributed by atoms with E-state index < -0.39 is 18.0 Å². The number of ether oxygens (including phenoxy) is 1. The topological polar surface area (TPSA) is 117 Å². The summed E-state index contributed by atoms with van der Waals surface area (Å²) >= 11 is 0. The van der Waals surface area contributed by atoms with Crippen molar-refractivity contribution in [2.45, 2.75) is 39.4 Å². The van der Waals surface area contributed by atoms with Crippen LogP contribution in [-0.2, 0) is 16.1 Å². The monoisotopic (exact) mass is 580 g/mol. The first-order valence-electron chi connectivity index (χ1n) is 14.0. The van der Waals surface area contributed by atoms with Crippen molar-refractivity contribution in [3.05, 3.63) is 102 Å². The molecule has 0 unspecified atom stereocenters. The third kappa shape index (κ3) is 7.07. The highest BCUT2D eigenvalue weighted by Gasteiger charge is 2.28. The van der Waals surface area contributed by atoms with E-state index in [-0.39, 0.29) is 24.1 Å². The largest absolute Gasteiger partial charge is 0.496 e. The molecular formula is C34H36N4O5. The van der Waals surface area contributed by atoms with Crippen LogP contribution in [0.2, 0.25) is 0 Å². The molecule has 0 spiro atoms. The molecule has 0 radical (unpaired) electrons. The van der Waals surface area contributed by atoms with Crippen LogP contribution in [0.15, 0.2) is 84.9 Å². The van der Waals surface area contributed by atoms with Gasteiger partial charge in [0.05, 0.1) is 31.1 Å². The number of hydrogen-bond donors (Lipinski definition) is 3. The summed E-state index contributed by atoms with van der Waals surface area (Å²) in [5.41, 5.74) is 2.48. The number of ketones is 1. The summed E-state index contributed by atoms with van der Waals surface area (Å²) in [4.78, 5) is 53.3. The number of likely N-dealkylation sites (N-methyl/N-ethyl adjacent to an activating group) is 1. The van der Waals surface area contributed by atoms with Crippen LogP contribution < -0.4 is 25.6 Å². The molecule has 4 aromatic rings. The maximum absolute atomic E-state index is 14.1. The molecule has 2 atom stereocenters. The van der Waals surface area contributed by atoms with Gasteiger partial charge in [0.1, 0.15) is 11.8 Å². The zero-order chi connectivity index (χ0) is 31.1. The van der Waals surface area contributed by atoms with Crippen LogP contribution in [0.25, 0.3) is 10.8 Å². The normalized spacial score (nSPS) is 12.2. The molecule has 43 heavy (non-hydrogen) atoms. The van der Waals surface area contributed by atoms with E-state index in [0.29, 0.717) is 28.3 Å². The highest BCUT2D eigenvalue weighted by atomic mass is 16.5. The van der Waals surface area contributed by atoms with Gasteiger partial charge in [-0.3, -0.25) is 19.2 Å². The molecular weight excluding hydrogens is 544 g/mol. The molecule has 0 fully saturated rings. The molecule has 3 N–H and O–H groups in total. The van der Waals surface area contributed by atoms with Crippen molar-refractivity contribution in [2.75, 3.05) is 24.4 Å². The Hall–Kier alpha value is -5.02. The number of methoxy groups -OCH3 is 1. The molecule has 3 amide bonds. The van der Waals surface area contributed by atoms with Gasteiger partial charge in [-0.05, 0) is 68.9 Å². The summed E-state index contributed by atoms with van der Waals surface area (Å²) in [6, 6.07) is 23.6. The smallest absolute Gasteiger partial charge is 0.255 e. The summed E-state index contributed by atoms with van der Waals surface area (Å²) < 4.78 is 5.71. The predicted molar refractivity (Wildman–Crippen MR) is 169 cm³/mol. The van der Waals surface area contributed by atoms with Crippen molar-refractivity contribution in [3.8, 4) is 5.75 Å². The number of amides is 3. The zero-order valence-corrected chi connectivity index (χ0v) is 24.9. The van der Waals surface area contributed by atoms with E-state index in [4.69, 9.17) is 4.74 Å². The molecule has 4 aromatic carbocycles. The van der Waals surface area contributed by atoms with Crippen molar-refractivity contribution in [2.24, 2.45) is 0 Å². The van der Waals surface area contributed by atoms with Crippen LogP contribution in [0, 0.1) is 0 Å². The number of carbonyl (C=O) groups excluding carboxylic acids is 4. The van der Waals surface area contributed by atoms with Gasteiger partial charge in [0.25, 0.3) is 5.91 Å². The Morgan fingerprint density at radius 1 is 0.814 bits per heavy atom. The number of fused-ring (bicyclic) bond motifs is 1. The van der Waals surface area contributed by atoms with Crippen molar-refractivity contribution in [1.82, 2.24) is 10.6 Å². The summed E-state index contributed by atoms with van der Waals surface area (Å²) in [7, 11) is 3.25. The number of hydrogen-bond acceptors (Lipinski definition) is 6. The summed E-state index contributed by atoms with van der Waals surface area (Å²) in [6.07, 6.45) is 0. The molecule has 0 aliphatic heterocycles. The number of anilines is 2. The quantitative estimate of drug-likeness (QED) is 0.216. The molecule has 0 aromatic heterocycles. The number of nitrogens with one attached hydrogen (secondary N) is 3. The van der Waals surface area contributed by atoms with E-state index in [9.17, 15) is 19.2 Å². The standard InChI is InChI=1S/C34H36N4O5/c1-21(35-4)32(40)36-22(2)34(42)38(20-28-27-11-7-6-10-25(27)18-19-31(28)43-5)30-13-9-8-12-29(30)37-33(41)26-16-14-24(15-17-26)23(3)39/h6-19,21-22,35H,20H2,1-5H3,(H,36,40)(H,37,41)/t21-,22-/m0/s1. The molecule has 0 aliphatic rings. The Morgan fingerprint density at radius 3 is 2.14 bits per heavy atom. The highest BCUT2D eigenvalue weighted by Crippen LogP contribution is 2.34. The van der Waals surface area contributed by atoms with Crippen molar-refractivity contribution >= 4 is 45.7 Å². The van der Waals surface area contributed by atoms with Gasteiger partial charge in [-0.25, -0.2) is 0 Å². The van der Waals surface area contributed by atoms with Crippen molar-refractivity contribution in [3.63, 3.8) is 0 Å². The number of carbonyl (C=O) groups is 4. The Morgan fingerprint density at radius 2 is 1.47 bits per heavy atom. The van der Waals surface area contributed by atoms with E-state index in [1.165, 1.54) is 6.92 Å². The van der Waals surface area contributed by atoms with Gasteiger partial charge >= 0.3 is 0 Å². The highest BCUT2D eigenvalue weighted by molar-refractivity contribution is 6.09. The number of benzene rings is 4. The van der Waals surface area contributed by atoms with E-state index in [0.717, 1.165) is 16.3 Å². The molecule has 0 saturated carbocycles. The first-order valence-corrected chi connectivity index (χ1v) is 14.0. The predicted octanol–water partition coefficient (Wildman–Crippen LogP) is 4.95. The zero-order valence-electron chi connectivity index (χ0n) is 24.9. The third-order valence-corrected chi connectivity index (χ3v) is 7.35. The fourth-order valence-electron chi connectivity index (χ4n) is 4.74. The lowest BCUT2D eigenvalue weighted by Gasteiger charge is -2.30. The maximum atomic E-state index is 14.1. The van der Waals surface area contributed by atoms with E-state index in [1.807, 2.05) is 36.4 Å². The molecule has 0 heterocycles. The molecule has 0 bridgehead atoms. The molecule has 0 aliphatic carbocycles. The van der Waals surface area contributed by atoms with E-state index in [2.05, 4.69) is 16.0 Å². The summed E-state index contributed by atoms with van der Waals surface area (Å²) in [6.45, 7) is 4.91. The first kappa shape index (κ1) is 30.9. The summed E-state index contributed by atoms with van der Waals surface area (Å²) in [5, 5.41) is 10.5. The third-order valence-electron chi connectivity index (χ3n) is 7.35. The van der Waals surface area contributed by atoms with Gasteiger partial charge in [0.15, 0.2) is 5.78 Å². The van der Waals surface area contributed by atoms with Crippen LogP contribution in [-0.4, -0.2) is 49.7 Å². The minimum atomic E-state index is -0.882. The van der Waals surface area contributed by atoms with Gasteiger partial charge in [0.2, 0.25) is 11.8 Å². The first-order chi connectivity index (χ1) is 20.6. The Bertz CT molecular complexity index is 1650. The summed E-state index contributed by atoms with van der Waals surface area (Å²) in [5.74, 6) is -0.590. The van der Waals surface area contributed by atoms with Gasteiger partial charge in [-0.1, -0.05) is 54.6 Å². The van der Waals surface area contributed by atoms with Crippen LogP contribution >= 0.6 is 0 Å². The number of nitrogens with zero attached hydrogens (tertiary/aromatic N) is 1. The lowest BCUT2D eigenvalue weighted by molar-refractivity contribution is -0.128. The minimum Gasteiger partial charge on any atom is -0.496 e. The van der Waals surface area contributed by atoms with Crippen LogP contribution in [0.3, 0.4) is 0 Å². The maximum Gasteiger partial charge on any atom is 0.255 e. The second kappa shape index (κ2) is 13.8. The molecule has 0 saturated heterocycles. The van der Waals surface area contributed by atoms with Crippen molar-refractivity contribution in [1.29, 1.82) is 0 Å². The van der Waals surface area contributed by atoms with Gasteiger partial charge < -0.3 is 25.6 Å². The van der Waals surface area contributed by atoms with Crippen LogP contribution in [0.4, 0.5) is 11.4 Å². The molecule has 9 heteroatoms. The van der Waals surface area contributed by atoms with Gasteiger partial charge in [0, 0.05) is 16.7 Å². The Balaban J connectivity index is 1.76. The number of rotatable bonds is 11. The Kier molecular flexibility index (Phi) is 9.90. The van der Waals surface area contributed by atoms with Crippen molar-refractivity contribution < 1.29 is 23.9 Å². The van der Waals surface area contributed by atoms with E-state index in [1.54, 1.807) is 81.4 Å². The fourth-order valence-corrected chi connectivity index (χ4v) is 4.74. The minimum absolute atomic E-state index is 0.0966. The SMILES string of the molecule is CN[C@@H](C)C(=O)N[C@@H](C)C(=O)N(Cc1c(OC)ccc2ccccc12)c1ccccc1NC(=O)c1ccc(C(C)=O)cc1. The number of Topliss-reactive ketones (excluding diaryl/α,β-unsaturated/α-hetero) is 1. The second-order valence-corrected chi connectivity index (χ2v) is 10.2. The van der Waals surface area contributed by atoms with Crippen LogP contribution in [0.1, 0.15) is 47.1 Å². The van der Waals surface area contributed by atoms with Crippen LogP contribution in [0.5, 0.6) is 5.75 Å². The lowest BCUT2D eigenvalue weighted by atomic mass is 10.0. The lowest BCUT2D eigenvalue weighted by Crippen LogP contribution is -2.51. The molecule has 222 valence electrons. The van der Waals surface area contributed by atoms with Gasteiger partial charge in [-0.15, -0.1) is 0 Å². The average molecular weight is 581 g/mol. The number of para-hydroxylation sites is 2. The van der Waals surface area contributed by atoms with E-state index >= 15 is 0 Å². The Labute approximate surface area is 251 Å². The average Bonchev–Trinajstić information content (AvgIpc) is 3.03. The molecule has 4 rings (SSSR count).